The zero-order valence-corrected chi connectivity index (χ0v) is 22.8. The fourth-order valence-electron chi connectivity index (χ4n) is 5.35. The largest absolute Gasteiger partial charge is 0.457 e. The summed E-state index contributed by atoms with van der Waals surface area (Å²) >= 11 is 0. The Labute approximate surface area is 233 Å². The zero-order valence-electron chi connectivity index (χ0n) is 22.8. The Hall–Kier alpha value is -4.96. The van der Waals surface area contributed by atoms with Crippen LogP contribution in [0.5, 0.6) is 11.5 Å². The molecular weight excluding hydrogens is 490 g/mol. The predicted molar refractivity (Wildman–Crippen MR) is 165 cm³/mol. The monoisotopic (exact) mass is 519 g/mol. The third-order valence-corrected chi connectivity index (χ3v) is 7.45. The molecule has 7 rings (SSSR count). The fraction of sp³-hybridized carbons (Fsp3) is 0.111. The minimum absolute atomic E-state index is 0.0234. The molecule has 7 aromatic rings. The van der Waals surface area contributed by atoms with Gasteiger partial charge in [-0.2, -0.15) is 0 Å². The van der Waals surface area contributed by atoms with E-state index >= 15 is 0 Å². The molecule has 0 saturated heterocycles. The Morgan fingerprint density at radius 1 is 0.650 bits per heavy atom. The summed E-state index contributed by atoms with van der Waals surface area (Å²) in [6, 6.07) is 39.5. The van der Waals surface area contributed by atoms with Crippen LogP contribution in [0.1, 0.15) is 26.3 Å². The summed E-state index contributed by atoms with van der Waals surface area (Å²) in [7, 11) is 0. The van der Waals surface area contributed by atoms with Gasteiger partial charge in [0.1, 0.15) is 17.3 Å². The van der Waals surface area contributed by atoms with Gasteiger partial charge in [-0.15, -0.1) is 0 Å². The minimum Gasteiger partial charge on any atom is -0.457 e. The molecule has 0 aliphatic carbocycles. The molecule has 4 heteroatoms. The lowest BCUT2D eigenvalue weighted by atomic mass is 9.88. The summed E-state index contributed by atoms with van der Waals surface area (Å²) in [5.74, 6) is 2.44. The van der Waals surface area contributed by atoms with Crippen molar-refractivity contribution in [2.75, 3.05) is 0 Å². The maximum Gasteiger partial charge on any atom is 0.137 e. The first-order valence-corrected chi connectivity index (χ1v) is 13.6. The molecule has 0 aliphatic rings. The molecule has 0 spiro atoms. The lowest BCUT2D eigenvalue weighted by Crippen LogP contribution is -2.12. The van der Waals surface area contributed by atoms with Crippen molar-refractivity contribution < 1.29 is 4.74 Å². The number of para-hydroxylation sites is 2. The topological polar surface area (TPSA) is 39.9 Å². The Balaban J connectivity index is 1.31. The first-order valence-electron chi connectivity index (χ1n) is 13.6. The minimum atomic E-state index is 0.0234. The Bertz CT molecular complexity index is 2030. The van der Waals surface area contributed by atoms with Crippen LogP contribution in [0.25, 0.3) is 49.8 Å². The molecule has 4 aromatic carbocycles. The maximum atomic E-state index is 6.44. The molecule has 0 saturated carbocycles. The Morgan fingerprint density at radius 2 is 1.45 bits per heavy atom. The van der Waals surface area contributed by atoms with E-state index in [9.17, 15) is 0 Å². The molecule has 3 aromatic heterocycles. The van der Waals surface area contributed by atoms with Gasteiger partial charge in [0.05, 0.1) is 22.2 Å². The summed E-state index contributed by atoms with van der Waals surface area (Å²) in [6.45, 7) is 6.68. The lowest BCUT2D eigenvalue weighted by Gasteiger charge is -2.20. The summed E-state index contributed by atoms with van der Waals surface area (Å²) in [5, 5.41) is 3.49. The third kappa shape index (κ3) is 4.28. The second-order valence-corrected chi connectivity index (χ2v) is 11.2. The van der Waals surface area contributed by atoms with Crippen LogP contribution in [-0.2, 0) is 5.41 Å². The van der Waals surface area contributed by atoms with E-state index < -0.39 is 0 Å². The number of pyridine rings is 2. The zero-order chi connectivity index (χ0) is 27.3. The first-order chi connectivity index (χ1) is 19.4. The SMILES string of the molecule is CC(C)(C)c1ccnc(-n2c3ccccc3c3ccc(Oc4cccc(-c5ccc6ccccc6n5)c4)cc32)c1. The van der Waals surface area contributed by atoms with Crippen LogP contribution in [0.4, 0.5) is 0 Å². The smallest absolute Gasteiger partial charge is 0.137 e. The van der Waals surface area contributed by atoms with Crippen LogP contribution in [-0.4, -0.2) is 14.5 Å². The quantitative estimate of drug-likeness (QED) is 0.232. The van der Waals surface area contributed by atoms with Gasteiger partial charge in [0.15, 0.2) is 0 Å². The molecule has 0 fully saturated rings. The number of aromatic nitrogens is 3. The summed E-state index contributed by atoms with van der Waals surface area (Å²) < 4.78 is 8.68. The number of rotatable bonds is 4. The normalized spacial score (nSPS) is 11.9. The molecule has 0 N–H and O–H groups in total. The van der Waals surface area contributed by atoms with E-state index in [1.54, 1.807) is 0 Å². The van der Waals surface area contributed by atoms with Crippen LogP contribution >= 0.6 is 0 Å². The van der Waals surface area contributed by atoms with E-state index in [1.165, 1.54) is 16.3 Å². The maximum absolute atomic E-state index is 6.44. The van der Waals surface area contributed by atoms with Gasteiger partial charge in [0.25, 0.3) is 0 Å². The van der Waals surface area contributed by atoms with Crippen molar-refractivity contribution in [1.82, 2.24) is 14.5 Å². The van der Waals surface area contributed by atoms with Crippen molar-refractivity contribution in [3.05, 3.63) is 127 Å². The van der Waals surface area contributed by atoms with Gasteiger partial charge in [-0.1, -0.05) is 75.4 Å². The molecular formula is C36H29N3O. The average molecular weight is 520 g/mol. The molecule has 4 nitrogen and oxygen atoms in total. The molecule has 0 aliphatic heterocycles. The molecule has 40 heavy (non-hydrogen) atoms. The third-order valence-electron chi connectivity index (χ3n) is 7.45. The Morgan fingerprint density at radius 3 is 2.35 bits per heavy atom. The van der Waals surface area contributed by atoms with Crippen molar-refractivity contribution in [3.63, 3.8) is 0 Å². The molecule has 0 amide bonds. The number of fused-ring (bicyclic) bond motifs is 4. The molecule has 0 atom stereocenters. The number of ether oxygens (including phenoxy) is 1. The van der Waals surface area contributed by atoms with Gasteiger partial charge >= 0.3 is 0 Å². The van der Waals surface area contributed by atoms with E-state index in [2.05, 4.69) is 98.1 Å². The van der Waals surface area contributed by atoms with Crippen molar-refractivity contribution >= 4 is 32.7 Å². The van der Waals surface area contributed by atoms with Crippen molar-refractivity contribution in [2.24, 2.45) is 0 Å². The second-order valence-electron chi connectivity index (χ2n) is 11.2. The van der Waals surface area contributed by atoms with Gasteiger partial charge in [-0.3, -0.25) is 4.57 Å². The second kappa shape index (κ2) is 9.35. The van der Waals surface area contributed by atoms with Gasteiger partial charge in [0, 0.05) is 34.0 Å². The number of benzene rings is 4. The van der Waals surface area contributed by atoms with Crippen molar-refractivity contribution in [3.8, 4) is 28.6 Å². The highest BCUT2D eigenvalue weighted by Gasteiger charge is 2.18. The van der Waals surface area contributed by atoms with E-state index in [-0.39, 0.29) is 5.41 Å². The van der Waals surface area contributed by atoms with Crippen LogP contribution in [0.3, 0.4) is 0 Å². The number of hydrogen-bond donors (Lipinski definition) is 0. The Kier molecular flexibility index (Phi) is 5.64. The highest BCUT2D eigenvalue weighted by molar-refractivity contribution is 6.09. The summed E-state index contributed by atoms with van der Waals surface area (Å²) in [4.78, 5) is 9.65. The van der Waals surface area contributed by atoms with Gasteiger partial charge in [-0.25, -0.2) is 9.97 Å². The highest BCUT2D eigenvalue weighted by atomic mass is 16.5. The summed E-state index contributed by atoms with van der Waals surface area (Å²) in [6.07, 6.45) is 1.91. The van der Waals surface area contributed by atoms with Crippen LogP contribution in [0.15, 0.2) is 121 Å². The molecule has 0 radical (unpaired) electrons. The average Bonchev–Trinajstić information content (AvgIpc) is 3.30. The fourth-order valence-corrected chi connectivity index (χ4v) is 5.35. The molecule has 0 unspecified atom stereocenters. The lowest BCUT2D eigenvalue weighted by molar-refractivity contribution is 0.483. The number of nitrogens with zero attached hydrogens (tertiary/aromatic N) is 3. The first kappa shape index (κ1) is 24.1. The van der Waals surface area contributed by atoms with Crippen LogP contribution < -0.4 is 4.74 Å². The van der Waals surface area contributed by atoms with Gasteiger partial charge in [-0.05, 0) is 65.6 Å². The molecule has 3 heterocycles. The van der Waals surface area contributed by atoms with E-state index in [1.807, 2.05) is 48.7 Å². The van der Waals surface area contributed by atoms with E-state index in [0.717, 1.165) is 50.5 Å². The number of hydrogen-bond acceptors (Lipinski definition) is 3. The van der Waals surface area contributed by atoms with Crippen molar-refractivity contribution in [2.45, 2.75) is 26.2 Å². The highest BCUT2D eigenvalue weighted by Crippen LogP contribution is 2.36. The predicted octanol–water partition coefficient (Wildman–Crippen LogP) is 9.48. The molecule has 194 valence electrons. The van der Waals surface area contributed by atoms with Gasteiger partial charge in [0.2, 0.25) is 0 Å². The van der Waals surface area contributed by atoms with Crippen molar-refractivity contribution in [1.29, 1.82) is 0 Å². The summed E-state index contributed by atoms with van der Waals surface area (Å²) in [5.41, 5.74) is 6.37. The van der Waals surface area contributed by atoms with Crippen LogP contribution in [0, 0.1) is 0 Å². The van der Waals surface area contributed by atoms with Crippen LogP contribution in [0.2, 0.25) is 0 Å². The standard InChI is InChI=1S/C36H29N3O/c1-36(2,3)26-19-20-37-35(22-26)39-33-14-7-5-12-29(33)30-17-16-28(23-34(30)39)40-27-11-8-10-25(21-27)32-18-15-24-9-4-6-13-31(24)38-32/h4-23H,1-3H3. The van der Waals surface area contributed by atoms with E-state index in [4.69, 9.17) is 14.7 Å². The van der Waals surface area contributed by atoms with E-state index in [0.29, 0.717) is 0 Å². The molecule has 0 bridgehead atoms. The van der Waals surface area contributed by atoms with Gasteiger partial charge < -0.3 is 4.74 Å².